The van der Waals surface area contributed by atoms with Crippen molar-refractivity contribution in [1.82, 2.24) is 9.21 Å². The molecule has 2 saturated heterocycles. The van der Waals surface area contributed by atoms with Crippen LogP contribution in [0.1, 0.15) is 20.3 Å². The molecule has 0 aliphatic carbocycles. The first kappa shape index (κ1) is 19.3. The second kappa shape index (κ2) is 8.06. The summed E-state index contributed by atoms with van der Waals surface area (Å²) < 4.78 is 26.8. The van der Waals surface area contributed by atoms with E-state index in [0.29, 0.717) is 49.5 Å². The molecule has 2 aliphatic heterocycles. The van der Waals surface area contributed by atoms with Gasteiger partial charge in [0.2, 0.25) is 10.0 Å². The lowest BCUT2D eigenvalue weighted by Crippen LogP contribution is -3.15. The molecule has 6 nitrogen and oxygen atoms in total. The summed E-state index contributed by atoms with van der Waals surface area (Å²) in [6.45, 7) is 8.83. The molecular weight excluding hydrogens is 350 g/mol. The Morgan fingerprint density at radius 3 is 2.19 bits per heavy atom. The molecule has 2 fully saturated rings. The monoisotopic (exact) mass is 380 g/mol. The molecule has 3 rings (SSSR count). The van der Waals surface area contributed by atoms with E-state index in [1.807, 2.05) is 4.90 Å². The van der Waals surface area contributed by atoms with E-state index in [2.05, 4.69) is 13.8 Å². The normalized spacial score (nSPS) is 28.1. The highest BCUT2D eigenvalue weighted by Crippen LogP contribution is 2.17. The van der Waals surface area contributed by atoms with Gasteiger partial charge in [-0.25, -0.2) is 8.42 Å². The number of sulfonamides is 1. The summed E-state index contributed by atoms with van der Waals surface area (Å²) in [6.07, 6.45) is 1.24. The zero-order chi connectivity index (χ0) is 18.7. The number of amides is 1. The first-order chi connectivity index (χ1) is 12.4. The van der Waals surface area contributed by atoms with E-state index in [0.717, 1.165) is 13.1 Å². The summed E-state index contributed by atoms with van der Waals surface area (Å²) in [4.78, 5) is 16.2. The van der Waals surface area contributed by atoms with Crippen molar-refractivity contribution in [2.75, 3.05) is 45.8 Å². The molecular formula is C19H30N3O3S+. The molecule has 2 aliphatic rings. The summed E-state index contributed by atoms with van der Waals surface area (Å²) in [7, 11) is -3.46. The zero-order valence-electron chi connectivity index (χ0n) is 15.7. The van der Waals surface area contributed by atoms with Crippen molar-refractivity contribution in [2.45, 2.75) is 25.2 Å². The van der Waals surface area contributed by atoms with Gasteiger partial charge >= 0.3 is 0 Å². The van der Waals surface area contributed by atoms with Crippen molar-refractivity contribution in [3.63, 3.8) is 0 Å². The quantitative estimate of drug-likeness (QED) is 0.805. The summed E-state index contributed by atoms with van der Waals surface area (Å²) >= 11 is 0. The Hall–Kier alpha value is -1.44. The van der Waals surface area contributed by atoms with E-state index in [4.69, 9.17) is 0 Å². The Labute approximate surface area is 156 Å². The van der Waals surface area contributed by atoms with Gasteiger partial charge in [-0.1, -0.05) is 32.0 Å². The van der Waals surface area contributed by atoms with Crippen LogP contribution in [-0.4, -0.2) is 69.3 Å². The van der Waals surface area contributed by atoms with Crippen molar-refractivity contribution >= 4 is 15.9 Å². The van der Waals surface area contributed by atoms with Crippen LogP contribution in [-0.2, 0) is 14.8 Å². The number of piperidine rings is 1. The summed E-state index contributed by atoms with van der Waals surface area (Å²) in [5.74, 6) is 1.47. The van der Waals surface area contributed by atoms with Gasteiger partial charge in [-0.05, 0) is 18.6 Å². The van der Waals surface area contributed by atoms with Crippen molar-refractivity contribution in [2.24, 2.45) is 11.8 Å². The Morgan fingerprint density at radius 1 is 1.04 bits per heavy atom. The minimum absolute atomic E-state index is 0.151. The molecule has 2 atom stereocenters. The molecule has 144 valence electrons. The van der Waals surface area contributed by atoms with Gasteiger partial charge < -0.3 is 9.80 Å². The van der Waals surface area contributed by atoms with E-state index < -0.39 is 10.0 Å². The highest BCUT2D eigenvalue weighted by molar-refractivity contribution is 7.89. The summed E-state index contributed by atoms with van der Waals surface area (Å²) in [5.41, 5.74) is 0. The number of nitrogens with zero attached hydrogens (tertiary/aromatic N) is 2. The van der Waals surface area contributed by atoms with E-state index in [1.54, 1.807) is 30.3 Å². The van der Waals surface area contributed by atoms with Crippen LogP contribution in [0.3, 0.4) is 0 Å². The zero-order valence-corrected chi connectivity index (χ0v) is 16.5. The number of rotatable bonds is 4. The Kier molecular flexibility index (Phi) is 5.99. The second-order valence-corrected chi connectivity index (χ2v) is 9.82. The molecule has 0 aromatic heterocycles. The first-order valence-electron chi connectivity index (χ1n) is 9.53. The average molecular weight is 381 g/mol. The first-order valence-corrected chi connectivity index (χ1v) is 11.0. The standard InChI is InChI=1S/C19H29N3O3S/c1-16-12-17(2)14-20(13-16)15-19(23)21-8-10-22(11-9-21)26(24,25)18-6-4-3-5-7-18/h3-7,16-17H,8-15H2,1-2H3/p+1/t16-,17-/m1/s1. The van der Waals surface area contributed by atoms with Crippen LogP contribution in [0, 0.1) is 11.8 Å². The van der Waals surface area contributed by atoms with E-state index >= 15 is 0 Å². The van der Waals surface area contributed by atoms with Gasteiger partial charge in [0.15, 0.2) is 6.54 Å². The van der Waals surface area contributed by atoms with Gasteiger partial charge in [-0.2, -0.15) is 4.31 Å². The Balaban J connectivity index is 1.54. The van der Waals surface area contributed by atoms with Crippen LogP contribution < -0.4 is 4.90 Å². The second-order valence-electron chi connectivity index (χ2n) is 7.88. The third-order valence-electron chi connectivity index (χ3n) is 5.45. The van der Waals surface area contributed by atoms with Gasteiger partial charge in [0, 0.05) is 38.0 Å². The average Bonchev–Trinajstić information content (AvgIpc) is 2.61. The molecule has 26 heavy (non-hydrogen) atoms. The molecule has 1 N–H and O–H groups in total. The van der Waals surface area contributed by atoms with Crippen LogP contribution in [0.4, 0.5) is 0 Å². The molecule has 7 heteroatoms. The molecule has 1 aromatic rings. The van der Waals surface area contributed by atoms with Gasteiger partial charge in [-0.15, -0.1) is 0 Å². The lowest BCUT2D eigenvalue weighted by molar-refractivity contribution is -0.904. The molecule has 0 spiro atoms. The number of quaternary nitrogens is 1. The van der Waals surface area contributed by atoms with Crippen molar-refractivity contribution in [1.29, 1.82) is 0 Å². The van der Waals surface area contributed by atoms with E-state index in [9.17, 15) is 13.2 Å². The maximum Gasteiger partial charge on any atom is 0.277 e. The van der Waals surface area contributed by atoms with Gasteiger partial charge in [-0.3, -0.25) is 4.79 Å². The lowest BCUT2D eigenvalue weighted by atomic mass is 9.92. The third kappa shape index (κ3) is 4.45. The number of carbonyl (C=O) groups is 1. The minimum atomic E-state index is -3.46. The van der Waals surface area contributed by atoms with Gasteiger partial charge in [0.25, 0.3) is 5.91 Å². The number of hydrogen-bond acceptors (Lipinski definition) is 3. The van der Waals surface area contributed by atoms with Crippen molar-refractivity contribution in [3.05, 3.63) is 30.3 Å². The van der Waals surface area contributed by atoms with E-state index in [1.165, 1.54) is 15.6 Å². The number of piperazine rings is 1. The topological polar surface area (TPSA) is 62.1 Å². The van der Waals surface area contributed by atoms with Crippen molar-refractivity contribution in [3.8, 4) is 0 Å². The number of benzene rings is 1. The van der Waals surface area contributed by atoms with Crippen LogP contribution in [0.25, 0.3) is 0 Å². The minimum Gasteiger partial charge on any atom is -0.335 e. The van der Waals surface area contributed by atoms with Gasteiger partial charge in [0.1, 0.15) is 0 Å². The number of nitrogens with one attached hydrogen (secondary N) is 1. The highest BCUT2D eigenvalue weighted by atomic mass is 32.2. The molecule has 2 heterocycles. The van der Waals surface area contributed by atoms with Crippen LogP contribution >= 0.6 is 0 Å². The van der Waals surface area contributed by atoms with Crippen LogP contribution in [0.15, 0.2) is 35.2 Å². The fourth-order valence-corrected chi connectivity index (χ4v) is 5.76. The summed E-state index contributed by atoms with van der Waals surface area (Å²) in [6, 6.07) is 8.51. The van der Waals surface area contributed by atoms with E-state index in [-0.39, 0.29) is 5.91 Å². The number of hydrogen-bond donors (Lipinski definition) is 1. The molecule has 1 amide bonds. The SMILES string of the molecule is C[C@@H]1C[C@@H](C)C[NH+](CC(=O)N2CCN(S(=O)(=O)c3ccccc3)CC2)C1. The molecule has 0 saturated carbocycles. The fraction of sp³-hybridized carbons (Fsp3) is 0.632. The van der Waals surface area contributed by atoms with Crippen molar-refractivity contribution < 1.29 is 18.1 Å². The highest BCUT2D eigenvalue weighted by Gasteiger charge is 2.32. The summed E-state index contributed by atoms with van der Waals surface area (Å²) in [5, 5.41) is 0. The fourth-order valence-electron chi connectivity index (χ4n) is 4.31. The maximum atomic E-state index is 12.7. The predicted molar refractivity (Wildman–Crippen MR) is 100 cm³/mol. The van der Waals surface area contributed by atoms with Gasteiger partial charge in [0.05, 0.1) is 18.0 Å². The Bertz CT molecular complexity index is 705. The Morgan fingerprint density at radius 2 is 1.62 bits per heavy atom. The molecule has 1 aromatic carbocycles. The van der Waals surface area contributed by atoms with Crippen LogP contribution in [0.5, 0.6) is 0 Å². The molecule has 0 radical (unpaired) electrons. The van der Waals surface area contributed by atoms with Crippen LogP contribution in [0.2, 0.25) is 0 Å². The lowest BCUT2D eigenvalue weighted by Gasteiger charge is -2.36. The predicted octanol–water partition coefficient (Wildman–Crippen LogP) is 0.0803. The smallest absolute Gasteiger partial charge is 0.277 e. The number of likely N-dealkylation sites (tertiary alicyclic amines) is 1. The maximum absolute atomic E-state index is 12.7. The number of carbonyl (C=O) groups excluding carboxylic acids is 1. The largest absolute Gasteiger partial charge is 0.335 e. The molecule has 0 bridgehead atoms. The third-order valence-corrected chi connectivity index (χ3v) is 7.37. The molecule has 0 unspecified atom stereocenters.